The molecule has 34 heteroatoms. The molecule has 0 radical (unpaired) electrons. The van der Waals surface area contributed by atoms with Crippen molar-refractivity contribution in [3.63, 3.8) is 0 Å². The lowest BCUT2D eigenvalue weighted by molar-refractivity contribution is -0.237. The lowest BCUT2D eigenvalue weighted by Crippen LogP contribution is -2.44. The zero-order valence-corrected chi connectivity index (χ0v) is 70.0. The highest BCUT2D eigenvalue weighted by molar-refractivity contribution is 6.41. The molecule has 4 aromatic carbocycles. The van der Waals surface area contributed by atoms with Crippen LogP contribution >= 0.6 is 0 Å². The van der Waals surface area contributed by atoms with E-state index in [2.05, 4.69) is 113 Å². The number of nitrogens with one attached hydrogen (secondary N) is 5. The van der Waals surface area contributed by atoms with Crippen LogP contribution in [0.15, 0.2) is 171 Å². The molecular weight excluding hydrogens is 1560 g/mol. The standard InChI is InChI=1S/3C21H25N5O3.C13H20N2.C9H9N3O3.C2H6O2.CH4/c3*1-25(2)17-7-5-6-14(11-17)18-8-3-4-9-26(18)21(29)20(28)24-16-10-15(19(22)27)12-23-13-16;1-15(2)12-7-5-6-11(10-12)13-8-3-4-9-14-13;1-5(13)9(15)12-7-2-6(8(10)14)3-11-4-7;1-2-4-3;/h3*5-7,10-13,18H,3-4,8-9H2,1-2H3,(H2,22,27)(H,24,28);5-7,10,13-14H,3-4,8-9H2,1-2H3;2-4H,1H3,(H2,10,14)(H,12,15);3H,2H2,1H3;1H4/t2*18-;;;;;/m10...../s1. The molecule has 122 heavy (non-hydrogen) atoms. The van der Waals surface area contributed by atoms with Crippen LogP contribution in [0.2, 0.25) is 0 Å². The number of rotatable bonds is 18. The highest BCUT2D eigenvalue weighted by Crippen LogP contribution is 2.37. The van der Waals surface area contributed by atoms with Crippen molar-refractivity contribution in [2.75, 3.05) is 130 Å². The van der Waals surface area contributed by atoms with Crippen LogP contribution in [0.5, 0.6) is 0 Å². The van der Waals surface area contributed by atoms with Gasteiger partial charge in [0.05, 0.1) is 94.5 Å². The monoisotopic (exact) mass is 1670 g/mol. The topological polar surface area (TPSA) is 473 Å². The molecule has 4 aliphatic heterocycles. The molecule has 650 valence electrons. The molecule has 4 aromatic heterocycles. The third kappa shape index (κ3) is 29.4. The molecule has 0 saturated carbocycles. The summed E-state index contributed by atoms with van der Waals surface area (Å²) in [5.41, 5.74) is 31.2. The normalized spacial score (nSPS) is 15.6. The molecule has 0 spiro atoms. The van der Waals surface area contributed by atoms with Crippen LogP contribution in [-0.2, 0) is 43.2 Å². The maximum Gasteiger partial charge on any atom is 0.313 e. The first-order valence-electron chi connectivity index (χ1n) is 39.5. The molecule has 4 fully saturated rings. The van der Waals surface area contributed by atoms with Gasteiger partial charge in [-0.05, 0) is 179 Å². The average molecular weight is 1680 g/mol. The minimum atomic E-state index is -0.765. The Morgan fingerprint density at radius 3 is 0.902 bits per heavy atom. The molecule has 4 aliphatic rings. The molecular formula is C88H114N20O14. The number of piperidine rings is 4. The molecule has 0 aliphatic carbocycles. The average Bonchev–Trinajstić information content (AvgIpc) is 0.815. The number of carbonyl (C=O) groups excluding carboxylic acids is 12. The highest BCUT2D eigenvalue weighted by Gasteiger charge is 2.36. The quantitative estimate of drug-likeness (QED) is 0.0217. The van der Waals surface area contributed by atoms with E-state index in [0.29, 0.717) is 32.3 Å². The molecule has 11 amide bonds. The van der Waals surface area contributed by atoms with Gasteiger partial charge >= 0.3 is 35.4 Å². The summed E-state index contributed by atoms with van der Waals surface area (Å²) < 4.78 is 0. The molecule has 14 N–H and O–H groups in total. The fourth-order valence-corrected chi connectivity index (χ4v) is 13.5. The van der Waals surface area contributed by atoms with Crippen molar-refractivity contribution in [1.82, 2.24) is 40.0 Å². The molecule has 8 heterocycles. The second kappa shape index (κ2) is 48.5. The van der Waals surface area contributed by atoms with Crippen LogP contribution < -0.4 is 69.1 Å². The Labute approximate surface area is 711 Å². The number of primary amides is 4. The number of Topliss-reactive ketones (excluding diaryl/α,β-unsaturated/α-hetero) is 1. The second-order valence-corrected chi connectivity index (χ2v) is 29.6. The molecule has 0 bridgehead atoms. The lowest BCUT2D eigenvalue weighted by Gasteiger charge is -2.36. The third-order valence-corrected chi connectivity index (χ3v) is 19.9. The molecule has 2 unspecified atom stereocenters. The predicted molar refractivity (Wildman–Crippen MR) is 470 cm³/mol. The van der Waals surface area contributed by atoms with E-state index in [1.165, 1.54) is 104 Å². The number of amides is 11. The number of anilines is 8. The second-order valence-electron chi connectivity index (χ2n) is 29.6. The first-order chi connectivity index (χ1) is 57.8. The number of benzene rings is 4. The van der Waals surface area contributed by atoms with Gasteiger partial charge in [-0.15, -0.1) is 0 Å². The molecule has 34 nitrogen and oxygen atoms in total. The number of ketones is 1. The van der Waals surface area contributed by atoms with E-state index in [9.17, 15) is 57.5 Å². The Bertz CT molecular complexity index is 4560. The van der Waals surface area contributed by atoms with Gasteiger partial charge in [0, 0.05) is 137 Å². The first kappa shape index (κ1) is 97.2. The van der Waals surface area contributed by atoms with Gasteiger partial charge in [0.25, 0.3) is 5.91 Å². The van der Waals surface area contributed by atoms with E-state index in [4.69, 9.17) is 28.2 Å². The number of aromatic nitrogens is 4. The SMILES string of the molecule is C.CC(=O)C(=O)Nc1cncc(C(N)=O)c1.CCOO.CN(C)c1cccc(C2CCCCN2)c1.CN(C)c1cccc(C2CCCCN2C(=O)C(=O)Nc2cncc(C(N)=O)c2)c1.CN(C)c1cccc([C@@H]2CCCCN2C(=O)C(=O)Nc2cncc(C(N)=O)c2)c1.CN(C)c1cccc([C@H]2CCCCN2C(=O)C(=O)Nc2cncc(C(N)=O)c2)c1. The number of carbonyl (C=O) groups is 12. The van der Waals surface area contributed by atoms with Gasteiger partial charge in [-0.2, -0.15) is 0 Å². The minimum absolute atomic E-state index is 0. The third-order valence-electron chi connectivity index (χ3n) is 19.9. The molecule has 4 saturated heterocycles. The largest absolute Gasteiger partial charge is 0.378 e. The summed E-state index contributed by atoms with van der Waals surface area (Å²) in [6.45, 7) is 5.94. The van der Waals surface area contributed by atoms with Crippen LogP contribution in [0, 0.1) is 0 Å². The van der Waals surface area contributed by atoms with E-state index in [1.807, 2.05) is 112 Å². The van der Waals surface area contributed by atoms with Crippen LogP contribution in [0.3, 0.4) is 0 Å². The van der Waals surface area contributed by atoms with Gasteiger partial charge in [-0.3, -0.25) is 82.7 Å². The summed E-state index contributed by atoms with van der Waals surface area (Å²) in [4.78, 5) is 175. The number of pyridine rings is 4. The zero-order valence-electron chi connectivity index (χ0n) is 70.0. The van der Waals surface area contributed by atoms with Gasteiger partial charge < -0.3 is 83.8 Å². The Balaban J connectivity index is 0.000000239. The van der Waals surface area contributed by atoms with Crippen molar-refractivity contribution in [3.05, 3.63) is 215 Å². The Kier molecular flexibility index (Phi) is 38.6. The Morgan fingerprint density at radius 1 is 0.393 bits per heavy atom. The summed E-state index contributed by atoms with van der Waals surface area (Å²) >= 11 is 0. The summed E-state index contributed by atoms with van der Waals surface area (Å²) in [5.74, 6) is -8.10. The zero-order chi connectivity index (χ0) is 88.4. The van der Waals surface area contributed by atoms with Gasteiger partial charge in [0.15, 0.2) is 0 Å². The lowest BCUT2D eigenvalue weighted by atomic mass is 9.94. The van der Waals surface area contributed by atoms with E-state index >= 15 is 0 Å². The van der Waals surface area contributed by atoms with Crippen molar-refractivity contribution in [2.24, 2.45) is 22.9 Å². The summed E-state index contributed by atoms with van der Waals surface area (Å²) in [6, 6.07) is 38.5. The number of nitrogens with zero attached hydrogens (tertiary/aromatic N) is 11. The summed E-state index contributed by atoms with van der Waals surface area (Å²) in [6.07, 6.45) is 22.5. The van der Waals surface area contributed by atoms with Crippen molar-refractivity contribution in [2.45, 2.75) is 122 Å². The summed E-state index contributed by atoms with van der Waals surface area (Å²) in [7, 11) is 16.0. The van der Waals surface area contributed by atoms with Gasteiger partial charge in [0.1, 0.15) is 0 Å². The smallest absolute Gasteiger partial charge is 0.313 e. The Morgan fingerprint density at radius 2 is 0.656 bits per heavy atom. The van der Waals surface area contributed by atoms with E-state index < -0.39 is 70.8 Å². The highest BCUT2D eigenvalue weighted by atomic mass is 17.1. The Hall–Kier alpha value is -13.6. The van der Waals surface area contributed by atoms with E-state index in [0.717, 1.165) is 105 Å². The van der Waals surface area contributed by atoms with Crippen LogP contribution in [-0.4, -0.2) is 200 Å². The maximum atomic E-state index is 12.9. The van der Waals surface area contributed by atoms with Crippen molar-refractivity contribution in [1.29, 1.82) is 0 Å². The fourth-order valence-electron chi connectivity index (χ4n) is 13.5. The van der Waals surface area contributed by atoms with Crippen LogP contribution in [0.1, 0.15) is 186 Å². The van der Waals surface area contributed by atoms with Crippen molar-refractivity contribution in [3.8, 4) is 0 Å². The van der Waals surface area contributed by atoms with Gasteiger partial charge in [0.2, 0.25) is 29.4 Å². The molecule has 12 rings (SSSR count). The molecule has 4 atom stereocenters. The van der Waals surface area contributed by atoms with Gasteiger partial charge in [-0.1, -0.05) is 62.4 Å². The van der Waals surface area contributed by atoms with E-state index in [1.54, 1.807) is 21.6 Å². The van der Waals surface area contributed by atoms with Crippen molar-refractivity contribution < 1.29 is 67.7 Å². The van der Waals surface area contributed by atoms with Crippen molar-refractivity contribution >= 4 is 116 Å². The first-order valence-corrected chi connectivity index (χ1v) is 39.5. The number of hydrogen-bond acceptors (Lipinski definition) is 23. The number of hydrogen-bond donors (Lipinski definition) is 10. The predicted octanol–water partition coefficient (Wildman–Crippen LogP) is 9.22. The van der Waals surface area contributed by atoms with Crippen LogP contribution in [0.25, 0.3) is 0 Å². The minimum Gasteiger partial charge on any atom is -0.378 e. The van der Waals surface area contributed by atoms with E-state index in [-0.39, 0.29) is 70.6 Å². The maximum absolute atomic E-state index is 12.9. The van der Waals surface area contributed by atoms with Gasteiger partial charge in [-0.25, -0.2) is 4.89 Å². The van der Waals surface area contributed by atoms with Crippen LogP contribution in [0.4, 0.5) is 45.5 Å². The summed E-state index contributed by atoms with van der Waals surface area (Å²) in [5, 5.41) is 20.8. The fraction of sp³-hybridized carbons (Fsp3) is 0.364. The molecule has 8 aromatic rings. The number of nitrogens with two attached hydrogens (primary N) is 4. The number of likely N-dealkylation sites (tertiary alicyclic amines) is 3.